The Labute approximate surface area is 150 Å². The lowest BCUT2D eigenvalue weighted by Gasteiger charge is -2.35. The van der Waals surface area contributed by atoms with E-state index >= 15 is 0 Å². The molecule has 0 unspecified atom stereocenters. The summed E-state index contributed by atoms with van der Waals surface area (Å²) in [7, 11) is 0. The summed E-state index contributed by atoms with van der Waals surface area (Å²) in [6.45, 7) is 8.77. The number of carbonyl (C=O) groups excluding carboxylic acids is 2. The third-order valence-electron chi connectivity index (χ3n) is 4.03. The molecule has 9 nitrogen and oxygen atoms in total. The predicted molar refractivity (Wildman–Crippen MR) is 94.3 cm³/mol. The van der Waals surface area contributed by atoms with E-state index in [1.807, 2.05) is 20.8 Å². The van der Waals surface area contributed by atoms with Gasteiger partial charge in [0, 0.05) is 44.1 Å². The van der Waals surface area contributed by atoms with Gasteiger partial charge in [-0.15, -0.1) is 0 Å². The number of carbonyl (C=O) groups is 2. The second-order valence-corrected chi connectivity index (χ2v) is 7.39. The van der Waals surface area contributed by atoms with E-state index in [0.717, 1.165) is 0 Å². The van der Waals surface area contributed by atoms with Crippen LogP contribution < -0.4 is 5.56 Å². The molecule has 0 radical (unpaired) electrons. The van der Waals surface area contributed by atoms with Crippen molar-refractivity contribution in [3.63, 3.8) is 0 Å². The van der Waals surface area contributed by atoms with E-state index in [4.69, 9.17) is 4.74 Å². The molecule has 1 saturated heterocycles. The molecule has 2 amide bonds. The highest BCUT2D eigenvalue weighted by atomic mass is 16.6. The molecule has 0 aliphatic carbocycles. The summed E-state index contributed by atoms with van der Waals surface area (Å²) in [5.74, 6) is -0.255. The molecule has 0 spiro atoms. The Balaban J connectivity index is 1.68. The zero-order valence-corrected chi connectivity index (χ0v) is 15.4. The number of nitrogens with one attached hydrogen (secondary N) is 1. The van der Waals surface area contributed by atoms with Crippen LogP contribution in [-0.2, 0) is 4.74 Å². The number of aromatic nitrogens is 3. The first-order valence-electron chi connectivity index (χ1n) is 8.50. The van der Waals surface area contributed by atoms with Crippen molar-refractivity contribution in [2.45, 2.75) is 33.3 Å². The summed E-state index contributed by atoms with van der Waals surface area (Å²) in [4.78, 5) is 42.6. The van der Waals surface area contributed by atoms with Crippen LogP contribution in [0.5, 0.6) is 0 Å². The second-order valence-electron chi connectivity index (χ2n) is 7.39. The fourth-order valence-corrected chi connectivity index (χ4v) is 2.81. The van der Waals surface area contributed by atoms with Crippen molar-refractivity contribution in [3.05, 3.63) is 34.0 Å². The lowest BCUT2D eigenvalue weighted by Crippen LogP contribution is -2.51. The Morgan fingerprint density at radius 3 is 2.38 bits per heavy atom. The molecule has 3 heterocycles. The minimum Gasteiger partial charge on any atom is -0.444 e. The number of aromatic amines is 1. The van der Waals surface area contributed by atoms with Crippen molar-refractivity contribution in [3.8, 4) is 0 Å². The normalized spacial score (nSPS) is 15.4. The Hall–Kier alpha value is -2.84. The molecule has 26 heavy (non-hydrogen) atoms. The first-order chi connectivity index (χ1) is 12.1. The summed E-state index contributed by atoms with van der Waals surface area (Å²) in [5.41, 5.74) is 0.367. The molecule has 0 atom stereocenters. The molecule has 9 heteroatoms. The molecule has 2 aromatic rings. The summed E-state index contributed by atoms with van der Waals surface area (Å²) < 4.78 is 6.77. The lowest BCUT2D eigenvalue weighted by molar-refractivity contribution is 0.0140. The van der Waals surface area contributed by atoms with Crippen LogP contribution in [0.15, 0.2) is 17.1 Å². The average molecular weight is 361 g/mol. The monoisotopic (exact) mass is 361 g/mol. The maximum atomic E-state index is 12.7. The van der Waals surface area contributed by atoms with E-state index < -0.39 is 5.60 Å². The number of piperazine rings is 1. The first kappa shape index (κ1) is 18.0. The summed E-state index contributed by atoms with van der Waals surface area (Å²) in [6, 6.07) is 1.49. The topological polar surface area (TPSA) is 100 Å². The number of hydrogen-bond donors (Lipinski definition) is 1. The van der Waals surface area contributed by atoms with Gasteiger partial charge < -0.3 is 19.5 Å². The van der Waals surface area contributed by atoms with Gasteiger partial charge in [0.25, 0.3) is 11.5 Å². The van der Waals surface area contributed by atoms with E-state index in [1.54, 1.807) is 22.9 Å². The minimum absolute atomic E-state index is 0.215. The highest BCUT2D eigenvalue weighted by Gasteiger charge is 2.29. The van der Waals surface area contributed by atoms with Crippen molar-refractivity contribution in [1.82, 2.24) is 24.4 Å². The van der Waals surface area contributed by atoms with Crippen molar-refractivity contribution in [2.75, 3.05) is 26.2 Å². The Morgan fingerprint density at radius 2 is 1.77 bits per heavy atom. The van der Waals surface area contributed by atoms with Crippen LogP contribution in [0.3, 0.4) is 0 Å². The van der Waals surface area contributed by atoms with Crippen LogP contribution in [0.2, 0.25) is 0 Å². The van der Waals surface area contributed by atoms with E-state index in [9.17, 15) is 14.4 Å². The maximum absolute atomic E-state index is 12.7. The number of amides is 2. The molecule has 0 saturated carbocycles. The molecule has 1 aliphatic rings. The summed E-state index contributed by atoms with van der Waals surface area (Å²) >= 11 is 0. The number of hydrogen-bond acceptors (Lipinski definition) is 5. The summed E-state index contributed by atoms with van der Waals surface area (Å²) in [6.07, 6.45) is 1.29. The highest BCUT2D eigenvalue weighted by molar-refractivity contribution is 5.93. The Kier molecular flexibility index (Phi) is 4.47. The maximum Gasteiger partial charge on any atom is 0.410 e. The SMILES string of the molecule is Cc1cn2nc(C(=O)N3CCN(C(=O)OC(C)(C)C)CC3)cc2c(=O)[nH]1. The minimum atomic E-state index is -0.550. The van der Waals surface area contributed by atoms with Gasteiger partial charge in [0.1, 0.15) is 11.1 Å². The molecule has 3 rings (SSSR count). The standard InChI is InChI=1S/C17H23N5O4/c1-11-10-22-13(14(23)18-11)9-12(19-22)15(24)20-5-7-21(8-6-20)16(25)26-17(2,3)4/h9-10H,5-8H2,1-4H3,(H,18,23). The molecular formula is C17H23N5O4. The highest BCUT2D eigenvalue weighted by Crippen LogP contribution is 2.13. The smallest absolute Gasteiger partial charge is 0.410 e. The van der Waals surface area contributed by atoms with Gasteiger partial charge >= 0.3 is 6.09 Å². The molecular weight excluding hydrogens is 338 g/mol. The van der Waals surface area contributed by atoms with E-state index in [1.165, 1.54) is 10.6 Å². The average Bonchev–Trinajstić information content (AvgIpc) is 2.97. The molecule has 0 bridgehead atoms. The quantitative estimate of drug-likeness (QED) is 0.817. The van der Waals surface area contributed by atoms with Gasteiger partial charge in [-0.05, 0) is 27.7 Å². The van der Waals surface area contributed by atoms with Gasteiger partial charge in [0.2, 0.25) is 0 Å². The number of rotatable bonds is 1. The van der Waals surface area contributed by atoms with Crippen LogP contribution in [0.25, 0.3) is 5.52 Å². The number of H-pyrrole nitrogens is 1. The Morgan fingerprint density at radius 1 is 1.15 bits per heavy atom. The van der Waals surface area contributed by atoms with E-state index in [0.29, 0.717) is 37.4 Å². The zero-order chi connectivity index (χ0) is 19.1. The number of nitrogens with zero attached hydrogens (tertiary/aromatic N) is 4. The summed E-state index contributed by atoms with van der Waals surface area (Å²) in [5, 5.41) is 4.21. The van der Waals surface area contributed by atoms with Gasteiger partial charge in [-0.1, -0.05) is 0 Å². The van der Waals surface area contributed by atoms with Crippen LogP contribution in [0.4, 0.5) is 4.79 Å². The van der Waals surface area contributed by atoms with Gasteiger partial charge in [-0.25, -0.2) is 9.31 Å². The van der Waals surface area contributed by atoms with Crippen molar-refractivity contribution >= 4 is 17.5 Å². The first-order valence-corrected chi connectivity index (χ1v) is 8.50. The zero-order valence-electron chi connectivity index (χ0n) is 15.4. The van der Waals surface area contributed by atoms with Gasteiger partial charge in [-0.3, -0.25) is 9.59 Å². The van der Waals surface area contributed by atoms with Crippen LogP contribution >= 0.6 is 0 Å². The molecule has 1 fully saturated rings. The van der Waals surface area contributed by atoms with Gasteiger partial charge in [0.15, 0.2) is 5.69 Å². The third kappa shape index (κ3) is 3.71. The van der Waals surface area contributed by atoms with Gasteiger partial charge in [0.05, 0.1) is 0 Å². The Bertz CT molecular complexity index is 900. The largest absolute Gasteiger partial charge is 0.444 e. The van der Waals surface area contributed by atoms with Crippen LogP contribution in [-0.4, -0.2) is 68.2 Å². The second kappa shape index (κ2) is 6.47. The fraction of sp³-hybridized carbons (Fsp3) is 0.529. The molecule has 0 aromatic carbocycles. The molecule has 2 aromatic heterocycles. The molecule has 1 aliphatic heterocycles. The van der Waals surface area contributed by atoms with E-state index in [-0.39, 0.29) is 23.3 Å². The lowest BCUT2D eigenvalue weighted by atomic mass is 10.2. The number of fused-ring (bicyclic) bond motifs is 1. The predicted octanol–water partition coefficient (Wildman–Crippen LogP) is 1.02. The number of ether oxygens (including phenoxy) is 1. The molecule has 1 N–H and O–H groups in total. The fourth-order valence-electron chi connectivity index (χ4n) is 2.81. The molecule has 140 valence electrons. The van der Waals surface area contributed by atoms with Gasteiger partial charge in [-0.2, -0.15) is 5.10 Å². The number of aryl methyl sites for hydroxylation is 1. The van der Waals surface area contributed by atoms with Crippen LogP contribution in [0, 0.1) is 6.92 Å². The van der Waals surface area contributed by atoms with Crippen molar-refractivity contribution < 1.29 is 14.3 Å². The van der Waals surface area contributed by atoms with Crippen LogP contribution in [0.1, 0.15) is 37.0 Å². The van der Waals surface area contributed by atoms with Crippen molar-refractivity contribution in [2.24, 2.45) is 0 Å². The van der Waals surface area contributed by atoms with Crippen molar-refractivity contribution in [1.29, 1.82) is 0 Å². The third-order valence-corrected chi connectivity index (χ3v) is 4.03. The van der Waals surface area contributed by atoms with E-state index in [2.05, 4.69) is 10.1 Å².